The largest absolute Gasteiger partial charge is 0.352 e. The quantitative estimate of drug-likeness (QED) is 0.491. The molecule has 30 heavy (non-hydrogen) atoms. The Balaban J connectivity index is 1.39. The first-order chi connectivity index (χ1) is 14.8. The lowest BCUT2D eigenvalue weighted by Crippen LogP contribution is -2.46. The summed E-state index contributed by atoms with van der Waals surface area (Å²) >= 11 is 0. The number of benzene rings is 3. The number of aryl methyl sites for hydroxylation is 1. The molecule has 1 aliphatic heterocycles. The topological polar surface area (TPSA) is 32.3 Å². The van der Waals surface area contributed by atoms with E-state index >= 15 is 0 Å². The molecule has 0 unspecified atom stereocenters. The maximum atomic E-state index is 4.70. The molecule has 0 atom stereocenters. The van der Waals surface area contributed by atoms with E-state index in [1.165, 1.54) is 16.5 Å². The molecule has 2 heterocycles. The Morgan fingerprint density at radius 2 is 1.37 bits per heavy atom. The molecule has 4 heteroatoms. The minimum Gasteiger partial charge on any atom is -0.352 e. The van der Waals surface area contributed by atoms with Crippen LogP contribution in [-0.2, 0) is 6.54 Å². The van der Waals surface area contributed by atoms with E-state index in [0.717, 1.165) is 55.2 Å². The number of aromatic nitrogens is 2. The molecule has 0 aliphatic carbocycles. The van der Waals surface area contributed by atoms with E-state index in [1.54, 1.807) is 0 Å². The molecule has 1 saturated heterocycles. The number of piperazine rings is 1. The van der Waals surface area contributed by atoms with E-state index < -0.39 is 0 Å². The van der Waals surface area contributed by atoms with Gasteiger partial charge >= 0.3 is 0 Å². The first-order valence-electron chi connectivity index (χ1n) is 10.6. The summed E-state index contributed by atoms with van der Waals surface area (Å²) in [7, 11) is 0. The third kappa shape index (κ3) is 3.79. The van der Waals surface area contributed by atoms with Crippen molar-refractivity contribution in [2.24, 2.45) is 0 Å². The summed E-state index contributed by atoms with van der Waals surface area (Å²) in [6.07, 6.45) is 0. The van der Waals surface area contributed by atoms with Crippen LogP contribution < -0.4 is 4.90 Å². The third-order valence-corrected chi connectivity index (χ3v) is 5.91. The maximum Gasteiger partial charge on any atom is 0.159 e. The lowest BCUT2D eigenvalue weighted by atomic mass is 10.0. The van der Waals surface area contributed by atoms with Crippen molar-refractivity contribution in [1.82, 2.24) is 15.1 Å². The summed E-state index contributed by atoms with van der Waals surface area (Å²) in [6.45, 7) is 7.11. The minimum absolute atomic E-state index is 0.956. The maximum absolute atomic E-state index is 4.70. The monoisotopic (exact) mass is 394 g/mol. The second kappa shape index (κ2) is 8.25. The molecule has 4 nitrogen and oxygen atoms in total. The molecule has 1 aliphatic rings. The van der Waals surface area contributed by atoms with Gasteiger partial charge in [0, 0.05) is 49.1 Å². The molecule has 5 rings (SSSR count). The minimum atomic E-state index is 0.956. The van der Waals surface area contributed by atoms with Crippen molar-refractivity contribution in [3.63, 3.8) is 0 Å². The van der Waals surface area contributed by atoms with Gasteiger partial charge in [0.1, 0.15) is 5.69 Å². The molecule has 0 amide bonds. The highest BCUT2D eigenvalue weighted by molar-refractivity contribution is 6.00. The fourth-order valence-corrected chi connectivity index (χ4v) is 4.21. The van der Waals surface area contributed by atoms with Gasteiger partial charge in [0.05, 0.1) is 0 Å². The van der Waals surface area contributed by atoms with Crippen LogP contribution in [-0.4, -0.2) is 41.3 Å². The van der Waals surface area contributed by atoms with Gasteiger partial charge in [-0.1, -0.05) is 84.4 Å². The zero-order chi connectivity index (χ0) is 20.3. The van der Waals surface area contributed by atoms with Crippen molar-refractivity contribution in [2.75, 3.05) is 31.1 Å². The van der Waals surface area contributed by atoms with Crippen molar-refractivity contribution in [3.8, 4) is 11.3 Å². The summed E-state index contributed by atoms with van der Waals surface area (Å²) in [5.74, 6) is 1.00. The van der Waals surface area contributed by atoms with E-state index in [4.69, 9.17) is 5.10 Å². The zero-order valence-electron chi connectivity index (χ0n) is 17.3. The first-order valence-corrected chi connectivity index (χ1v) is 10.6. The molecule has 3 aromatic carbocycles. The summed E-state index contributed by atoms with van der Waals surface area (Å²) in [6, 6.07) is 27.8. The smallest absolute Gasteiger partial charge is 0.159 e. The normalized spacial score (nSPS) is 14.9. The van der Waals surface area contributed by atoms with E-state index in [-0.39, 0.29) is 0 Å². The Bertz CT molecular complexity index is 1130. The number of hydrogen-bond donors (Lipinski definition) is 0. The Morgan fingerprint density at radius 3 is 2.10 bits per heavy atom. The van der Waals surface area contributed by atoms with Crippen molar-refractivity contribution in [1.29, 1.82) is 0 Å². The van der Waals surface area contributed by atoms with Crippen molar-refractivity contribution in [3.05, 3.63) is 90.0 Å². The van der Waals surface area contributed by atoms with Crippen LogP contribution in [0.5, 0.6) is 0 Å². The van der Waals surface area contributed by atoms with Gasteiger partial charge in [0.2, 0.25) is 0 Å². The van der Waals surface area contributed by atoms with Gasteiger partial charge in [-0.15, -0.1) is 10.2 Å². The summed E-state index contributed by atoms with van der Waals surface area (Å²) in [4.78, 5) is 4.90. The van der Waals surface area contributed by atoms with Crippen LogP contribution >= 0.6 is 0 Å². The highest BCUT2D eigenvalue weighted by atomic mass is 15.3. The van der Waals surface area contributed by atoms with Gasteiger partial charge in [0.15, 0.2) is 5.82 Å². The van der Waals surface area contributed by atoms with Crippen molar-refractivity contribution < 1.29 is 0 Å². The summed E-state index contributed by atoms with van der Waals surface area (Å²) < 4.78 is 0. The number of hydrogen-bond acceptors (Lipinski definition) is 4. The average Bonchev–Trinajstić information content (AvgIpc) is 2.80. The molecule has 4 aromatic rings. The van der Waals surface area contributed by atoms with Gasteiger partial charge in [-0.2, -0.15) is 0 Å². The predicted octanol–water partition coefficient (Wildman–Crippen LogP) is 4.93. The Morgan fingerprint density at radius 1 is 0.700 bits per heavy atom. The fourth-order valence-electron chi connectivity index (χ4n) is 4.21. The van der Waals surface area contributed by atoms with E-state index in [9.17, 15) is 0 Å². The van der Waals surface area contributed by atoms with Crippen molar-refractivity contribution in [2.45, 2.75) is 13.5 Å². The lowest BCUT2D eigenvalue weighted by molar-refractivity contribution is 0.249. The Kier molecular flexibility index (Phi) is 5.16. The van der Waals surface area contributed by atoms with Crippen LogP contribution in [0.3, 0.4) is 0 Å². The fraction of sp³-hybridized carbons (Fsp3) is 0.231. The SMILES string of the molecule is Cc1ccc(-c2nnc(N3CCN(Cc4ccccc4)CC3)c3ccccc23)cc1. The average molecular weight is 395 g/mol. The van der Waals surface area contributed by atoms with Crippen LogP contribution in [0.4, 0.5) is 5.82 Å². The van der Waals surface area contributed by atoms with E-state index in [0.29, 0.717) is 0 Å². The van der Waals surface area contributed by atoms with Crippen molar-refractivity contribution >= 4 is 16.6 Å². The van der Waals surface area contributed by atoms with Crippen LogP contribution in [0, 0.1) is 6.92 Å². The standard InChI is InChI=1S/C26H26N4/c1-20-11-13-22(14-12-20)25-23-9-5-6-10-24(23)26(28-27-25)30-17-15-29(16-18-30)19-21-7-3-2-4-8-21/h2-14H,15-19H2,1H3. The highest BCUT2D eigenvalue weighted by Crippen LogP contribution is 2.31. The third-order valence-electron chi connectivity index (χ3n) is 5.91. The molecule has 1 aromatic heterocycles. The van der Waals surface area contributed by atoms with Gasteiger partial charge in [0.25, 0.3) is 0 Å². The predicted molar refractivity (Wildman–Crippen MR) is 124 cm³/mol. The van der Waals surface area contributed by atoms with Crippen LogP contribution in [0.2, 0.25) is 0 Å². The molecule has 150 valence electrons. The molecule has 1 fully saturated rings. The summed E-state index contributed by atoms with van der Waals surface area (Å²) in [5, 5.41) is 11.7. The van der Waals surface area contributed by atoms with Gasteiger partial charge in [-0.05, 0) is 12.5 Å². The molecule has 0 saturated carbocycles. The molecule has 0 radical (unpaired) electrons. The second-order valence-electron chi connectivity index (χ2n) is 8.03. The van der Waals surface area contributed by atoms with Gasteiger partial charge in [-0.3, -0.25) is 4.90 Å². The second-order valence-corrected chi connectivity index (χ2v) is 8.03. The molecular formula is C26H26N4. The van der Waals surface area contributed by atoms with Gasteiger partial charge < -0.3 is 4.90 Å². The molecule has 0 spiro atoms. The molecular weight excluding hydrogens is 368 g/mol. The van der Waals surface area contributed by atoms with E-state index in [2.05, 4.69) is 101 Å². The zero-order valence-corrected chi connectivity index (χ0v) is 17.3. The Hall–Kier alpha value is -3.24. The summed E-state index contributed by atoms with van der Waals surface area (Å²) in [5.41, 5.74) is 4.69. The Labute approximate surface area is 177 Å². The van der Waals surface area contributed by atoms with Gasteiger partial charge in [-0.25, -0.2) is 0 Å². The van der Waals surface area contributed by atoms with Crippen LogP contribution in [0.1, 0.15) is 11.1 Å². The lowest BCUT2D eigenvalue weighted by Gasteiger charge is -2.35. The highest BCUT2D eigenvalue weighted by Gasteiger charge is 2.21. The van der Waals surface area contributed by atoms with Crippen LogP contribution in [0.15, 0.2) is 78.9 Å². The number of anilines is 1. The number of fused-ring (bicyclic) bond motifs is 1. The molecule has 0 N–H and O–H groups in total. The molecule has 0 bridgehead atoms. The number of rotatable bonds is 4. The van der Waals surface area contributed by atoms with E-state index in [1.807, 2.05) is 0 Å². The van der Waals surface area contributed by atoms with Crippen LogP contribution in [0.25, 0.3) is 22.0 Å². The first kappa shape index (κ1) is 18.8. The number of nitrogens with zero attached hydrogens (tertiary/aromatic N) is 4.